The van der Waals surface area contributed by atoms with Crippen LogP contribution >= 0.6 is 11.8 Å². The fourth-order valence-electron chi connectivity index (χ4n) is 2.46. The zero-order chi connectivity index (χ0) is 18.4. The van der Waals surface area contributed by atoms with E-state index in [1.54, 1.807) is 24.3 Å². The molecule has 0 unspecified atom stereocenters. The molecule has 1 amide bonds. The molecular formula is C19H25N3O2S. The third-order valence-electron chi connectivity index (χ3n) is 4.04. The number of ketones is 1. The number of benzene rings is 1. The highest BCUT2D eigenvalue weighted by Gasteiger charge is 2.13. The number of Topliss-reactive ketones (excluding diaryl/α,β-unsaturated/α-hetero) is 1. The van der Waals surface area contributed by atoms with Crippen molar-refractivity contribution >= 4 is 29.1 Å². The van der Waals surface area contributed by atoms with Crippen molar-refractivity contribution in [2.24, 2.45) is 0 Å². The maximum Gasteiger partial charge on any atom is 0.234 e. The molecule has 0 fully saturated rings. The van der Waals surface area contributed by atoms with Crippen molar-refractivity contribution in [3.8, 4) is 0 Å². The number of aromatic nitrogens is 2. The molecule has 25 heavy (non-hydrogen) atoms. The van der Waals surface area contributed by atoms with E-state index < -0.39 is 0 Å². The van der Waals surface area contributed by atoms with E-state index >= 15 is 0 Å². The standard InChI is InChI=1S/C19H25N3O2S/c1-5-6-10-22-14(3)13(2)20-19(22)25-12-18(24)21-17-9-7-8-16(11-17)15(4)23/h7-9,11H,5-6,10,12H2,1-4H3,(H,21,24). The molecule has 5 nitrogen and oxygen atoms in total. The van der Waals surface area contributed by atoms with Gasteiger partial charge in [-0.1, -0.05) is 37.2 Å². The van der Waals surface area contributed by atoms with Crippen LogP contribution in [0.4, 0.5) is 5.69 Å². The fraction of sp³-hybridized carbons (Fsp3) is 0.421. The van der Waals surface area contributed by atoms with Gasteiger partial charge in [0, 0.05) is 23.5 Å². The first-order valence-corrected chi connectivity index (χ1v) is 9.48. The van der Waals surface area contributed by atoms with Crippen LogP contribution in [0.15, 0.2) is 29.4 Å². The highest BCUT2D eigenvalue weighted by atomic mass is 32.2. The van der Waals surface area contributed by atoms with Gasteiger partial charge >= 0.3 is 0 Å². The Morgan fingerprint density at radius 1 is 1.28 bits per heavy atom. The Balaban J connectivity index is 1.99. The lowest BCUT2D eigenvalue weighted by Gasteiger charge is -2.09. The van der Waals surface area contributed by atoms with Gasteiger partial charge in [0.05, 0.1) is 11.4 Å². The minimum Gasteiger partial charge on any atom is -0.325 e. The van der Waals surface area contributed by atoms with Crippen LogP contribution in [0.5, 0.6) is 0 Å². The molecule has 2 aromatic rings. The van der Waals surface area contributed by atoms with E-state index in [1.165, 1.54) is 18.7 Å². The van der Waals surface area contributed by atoms with Gasteiger partial charge in [-0.05, 0) is 39.3 Å². The minimum absolute atomic E-state index is 0.0191. The van der Waals surface area contributed by atoms with Gasteiger partial charge in [-0.25, -0.2) is 4.98 Å². The number of amides is 1. The van der Waals surface area contributed by atoms with Crippen molar-refractivity contribution < 1.29 is 9.59 Å². The second-order valence-electron chi connectivity index (χ2n) is 6.04. The summed E-state index contributed by atoms with van der Waals surface area (Å²) in [5, 5.41) is 3.73. The van der Waals surface area contributed by atoms with Crippen molar-refractivity contribution in [2.45, 2.75) is 52.2 Å². The summed E-state index contributed by atoms with van der Waals surface area (Å²) in [6.45, 7) is 8.66. The molecule has 1 heterocycles. The SMILES string of the molecule is CCCCn1c(SCC(=O)Nc2cccc(C(C)=O)c2)nc(C)c1C. The predicted octanol–water partition coefficient (Wildman–Crippen LogP) is 4.23. The molecule has 2 rings (SSSR count). The molecule has 0 atom stereocenters. The van der Waals surface area contributed by atoms with E-state index in [-0.39, 0.29) is 17.4 Å². The maximum absolute atomic E-state index is 12.2. The lowest BCUT2D eigenvalue weighted by molar-refractivity contribution is -0.113. The summed E-state index contributed by atoms with van der Waals surface area (Å²) < 4.78 is 2.19. The maximum atomic E-state index is 12.2. The van der Waals surface area contributed by atoms with Crippen LogP contribution in [0.1, 0.15) is 48.4 Å². The van der Waals surface area contributed by atoms with Crippen LogP contribution in [0.2, 0.25) is 0 Å². The average molecular weight is 359 g/mol. The number of aryl methyl sites for hydroxylation is 1. The molecule has 0 saturated carbocycles. The number of anilines is 1. The van der Waals surface area contributed by atoms with Crippen LogP contribution in [0.3, 0.4) is 0 Å². The molecule has 6 heteroatoms. The summed E-state index contributed by atoms with van der Waals surface area (Å²) >= 11 is 1.44. The number of nitrogens with one attached hydrogen (secondary N) is 1. The Hall–Kier alpha value is -2.08. The van der Waals surface area contributed by atoms with Crippen LogP contribution in [0.25, 0.3) is 0 Å². The van der Waals surface area contributed by atoms with Gasteiger partial charge in [0.15, 0.2) is 10.9 Å². The Labute approximate surface area is 153 Å². The van der Waals surface area contributed by atoms with Crippen molar-refractivity contribution in [1.82, 2.24) is 9.55 Å². The van der Waals surface area contributed by atoms with Crippen molar-refractivity contribution in [3.05, 3.63) is 41.2 Å². The second-order valence-corrected chi connectivity index (χ2v) is 6.99. The Morgan fingerprint density at radius 2 is 2.04 bits per heavy atom. The van der Waals surface area contributed by atoms with Gasteiger partial charge < -0.3 is 9.88 Å². The van der Waals surface area contributed by atoms with Gasteiger partial charge in [0.2, 0.25) is 5.91 Å². The molecule has 0 aliphatic rings. The zero-order valence-electron chi connectivity index (χ0n) is 15.3. The highest BCUT2D eigenvalue weighted by Crippen LogP contribution is 2.22. The van der Waals surface area contributed by atoms with E-state index in [9.17, 15) is 9.59 Å². The van der Waals surface area contributed by atoms with Crippen LogP contribution in [-0.2, 0) is 11.3 Å². The van der Waals surface area contributed by atoms with E-state index in [4.69, 9.17) is 0 Å². The number of carbonyl (C=O) groups is 2. The monoisotopic (exact) mass is 359 g/mol. The van der Waals surface area contributed by atoms with E-state index in [1.807, 2.05) is 6.92 Å². The van der Waals surface area contributed by atoms with Gasteiger partial charge in [0.1, 0.15) is 0 Å². The first kappa shape index (κ1) is 19.2. The number of imidazole rings is 1. The molecule has 0 aliphatic carbocycles. The normalized spacial score (nSPS) is 10.7. The van der Waals surface area contributed by atoms with Crippen LogP contribution < -0.4 is 5.32 Å². The Kier molecular flexibility index (Phi) is 6.82. The molecule has 1 aromatic heterocycles. The highest BCUT2D eigenvalue weighted by molar-refractivity contribution is 7.99. The first-order chi connectivity index (χ1) is 11.9. The lowest BCUT2D eigenvalue weighted by atomic mass is 10.1. The zero-order valence-corrected chi connectivity index (χ0v) is 16.1. The van der Waals surface area contributed by atoms with E-state index in [0.717, 1.165) is 35.9 Å². The lowest BCUT2D eigenvalue weighted by Crippen LogP contribution is -2.15. The average Bonchev–Trinajstić information content (AvgIpc) is 2.85. The van der Waals surface area contributed by atoms with E-state index in [0.29, 0.717) is 11.3 Å². The number of nitrogens with zero attached hydrogens (tertiary/aromatic N) is 2. The summed E-state index contributed by atoms with van der Waals surface area (Å²) in [5.41, 5.74) is 3.39. The van der Waals surface area contributed by atoms with Gasteiger partial charge in [-0.15, -0.1) is 0 Å². The third kappa shape index (κ3) is 5.19. The quantitative estimate of drug-likeness (QED) is 0.566. The number of hydrogen-bond acceptors (Lipinski definition) is 4. The smallest absolute Gasteiger partial charge is 0.234 e. The number of carbonyl (C=O) groups excluding carboxylic acids is 2. The second kappa shape index (κ2) is 8.85. The summed E-state index contributed by atoms with van der Waals surface area (Å²) in [6.07, 6.45) is 2.21. The number of unbranched alkanes of at least 4 members (excludes halogenated alkanes) is 1. The van der Waals surface area contributed by atoms with Crippen molar-refractivity contribution in [3.63, 3.8) is 0 Å². The van der Waals surface area contributed by atoms with Gasteiger partial charge in [-0.2, -0.15) is 0 Å². The van der Waals surface area contributed by atoms with Crippen LogP contribution in [-0.4, -0.2) is 27.0 Å². The van der Waals surface area contributed by atoms with Gasteiger partial charge in [0.25, 0.3) is 0 Å². The first-order valence-electron chi connectivity index (χ1n) is 8.49. The number of thioether (sulfide) groups is 1. The summed E-state index contributed by atoms with van der Waals surface area (Å²) in [7, 11) is 0. The minimum atomic E-state index is -0.106. The van der Waals surface area contributed by atoms with Crippen molar-refractivity contribution in [2.75, 3.05) is 11.1 Å². The Morgan fingerprint density at radius 3 is 2.72 bits per heavy atom. The fourth-order valence-corrected chi connectivity index (χ4v) is 3.37. The molecular weight excluding hydrogens is 334 g/mol. The molecule has 0 bridgehead atoms. The van der Waals surface area contributed by atoms with Crippen LogP contribution in [0, 0.1) is 13.8 Å². The molecule has 134 valence electrons. The summed E-state index contributed by atoms with van der Waals surface area (Å²) in [6, 6.07) is 6.99. The number of rotatable bonds is 8. The molecule has 1 aromatic carbocycles. The number of hydrogen-bond donors (Lipinski definition) is 1. The molecule has 0 saturated heterocycles. The largest absolute Gasteiger partial charge is 0.325 e. The van der Waals surface area contributed by atoms with Crippen molar-refractivity contribution in [1.29, 1.82) is 0 Å². The predicted molar refractivity (Wildman–Crippen MR) is 102 cm³/mol. The molecule has 1 N–H and O–H groups in total. The topological polar surface area (TPSA) is 64.0 Å². The molecule has 0 spiro atoms. The Bertz CT molecular complexity index is 768. The third-order valence-corrected chi connectivity index (χ3v) is 5.02. The van der Waals surface area contributed by atoms with E-state index in [2.05, 4.69) is 28.7 Å². The summed E-state index contributed by atoms with van der Waals surface area (Å²) in [4.78, 5) is 28.2. The summed E-state index contributed by atoms with van der Waals surface area (Å²) in [5.74, 6) is 0.159. The molecule has 0 aliphatic heterocycles. The molecule has 0 radical (unpaired) electrons. The van der Waals surface area contributed by atoms with Gasteiger partial charge in [-0.3, -0.25) is 9.59 Å².